The maximum Gasteiger partial charge on any atom is 0.260 e. The summed E-state index contributed by atoms with van der Waals surface area (Å²) in [5.41, 5.74) is 0. The third-order valence-corrected chi connectivity index (χ3v) is 3.84. The van der Waals surface area contributed by atoms with Gasteiger partial charge in [-0.2, -0.15) is 0 Å². The molecule has 1 fully saturated rings. The minimum Gasteiger partial charge on any atom is -0.482 e. The van der Waals surface area contributed by atoms with E-state index in [9.17, 15) is 4.79 Å². The molecule has 4 nitrogen and oxygen atoms in total. The van der Waals surface area contributed by atoms with Crippen LogP contribution in [0.2, 0.25) is 10.0 Å². The highest BCUT2D eigenvalue weighted by Gasteiger charge is 2.26. The summed E-state index contributed by atoms with van der Waals surface area (Å²) in [6, 6.07) is 5.09. The zero-order chi connectivity index (χ0) is 14.7. The maximum absolute atomic E-state index is 12.1. The summed E-state index contributed by atoms with van der Waals surface area (Å²) >= 11 is 11.9. The van der Waals surface area contributed by atoms with Gasteiger partial charge in [0.2, 0.25) is 0 Å². The van der Waals surface area contributed by atoms with Crippen molar-refractivity contribution in [3.8, 4) is 5.75 Å². The second-order valence-corrected chi connectivity index (χ2v) is 5.68. The molecule has 0 N–H and O–H groups in total. The van der Waals surface area contributed by atoms with Gasteiger partial charge in [-0.05, 0) is 26.0 Å². The van der Waals surface area contributed by atoms with Crippen molar-refractivity contribution in [2.24, 2.45) is 0 Å². The fourth-order valence-electron chi connectivity index (χ4n) is 2.21. The molecule has 1 aromatic rings. The summed E-state index contributed by atoms with van der Waals surface area (Å²) in [5, 5.41) is 0.732. The summed E-state index contributed by atoms with van der Waals surface area (Å²) in [5.74, 6) is 0.338. The molecule has 0 spiro atoms. The number of rotatable bonds is 3. The second-order valence-electron chi connectivity index (χ2n) is 4.90. The van der Waals surface area contributed by atoms with E-state index in [0.717, 1.165) is 0 Å². The van der Waals surface area contributed by atoms with E-state index in [0.29, 0.717) is 28.9 Å². The first-order chi connectivity index (χ1) is 9.47. The monoisotopic (exact) mass is 317 g/mol. The Morgan fingerprint density at radius 1 is 1.35 bits per heavy atom. The van der Waals surface area contributed by atoms with Gasteiger partial charge >= 0.3 is 0 Å². The van der Waals surface area contributed by atoms with Crippen LogP contribution in [0, 0.1) is 0 Å². The first-order valence-electron chi connectivity index (χ1n) is 6.47. The van der Waals surface area contributed by atoms with Crippen molar-refractivity contribution in [1.82, 2.24) is 4.90 Å². The van der Waals surface area contributed by atoms with Gasteiger partial charge in [0.25, 0.3) is 5.91 Å². The highest BCUT2D eigenvalue weighted by Crippen LogP contribution is 2.31. The lowest BCUT2D eigenvalue weighted by Gasteiger charge is -2.35. The SMILES string of the molecule is C[C@@H]1CN(C(=O)COc2cccc(Cl)c2Cl)C[C@H](C)O1. The van der Waals surface area contributed by atoms with E-state index in [1.807, 2.05) is 13.8 Å². The molecule has 110 valence electrons. The average molecular weight is 318 g/mol. The molecule has 1 aromatic carbocycles. The van der Waals surface area contributed by atoms with E-state index < -0.39 is 0 Å². The molecule has 2 rings (SSSR count). The molecule has 2 atom stereocenters. The number of halogens is 2. The highest BCUT2D eigenvalue weighted by atomic mass is 35.5. The Balaban J connectivity index is 1.93. The molecule has 1 amide bonds. The molecule has 0 radical (unpaired) electrons. The third-order valence-electron chi connectivity index (χ3n) is 3.04. The van der Waals surface area contributed by atoms with Crippen LogP contribution < -0.4 is 4.74 Å². The van der Waals surface area contributed by atoms with Crippen LogP contribution in [-0.2, 0) is 9.53 Å². The van der Waals surface area contributed by atoms with Gasteiger partial charge in [0, 0.05) is 13.1 Å². The van der Waals surface area contributed by atoms with Gasteiger partial charge in [0.15, 0.2) is 6.61 Å². The minimum atomic E-state index is -0.0805. The molecule has 20 heavy (non-hydrogen) atoms. The Kier molecular flexibility index (Phi) is 5.13. The number of hydrogen-bond donors (Lipinski definition) is 0. The van der Waals surface area contributed by atoms with Crippen molar-refractivity contribution in [2.75, 3.05) is 19.7 Å². The molecule has 0 unspecified atom stereocenters. The van der Waals surface area contributed by atoms with Gasteiger partial charge in [-0.15, -0.1) is 0 Å². The number of ether oxygens (including phenoxy) is 2. The van der Waals surface area contributed by atoms with Crippen LogP contribution in [0.4, 0.5) is 0 Å². The molecule has 0 aromatic heterocycles. The number of amides is 1. The number of morpholine rings is 1. The molecule has 1 heterocycles. The normalized spacial score (nSPS) is 22.7. The van der Waals surface area contributed by atoms with Crippen LogP contribution in [-0.4, -0.2) is 42.7 Å². The van der Waals surface area contributed by atoms with Gasteiger partial charge in [-0.25, -0.2) is 0 Å². The van der Waals surface area contributed by atoms with Crippen molar-refractivity contribution >= 4 is 29.1 Å². The fraction of sp³-hybridized carbons (Fsp3) is 0.500. The average Bonchev–Trinajstić information content (AvgIpc) is 2.39. The zero-order valence-electron chi connectivity index (χ0n) is 11.4. The Morgan fingerprint density at radius 3 is 2.65 bits per heavy atom. The van der Waals surface area contributed by atoms with Crippen LogP contribution in [0.3, 0.4) is 0 Å². The van der Waals surface area contributed by atoms with Gasteiger partial charge in [0.1, 0.15) is 10.8 Å². The third kappa shape index (κ3) is 3.78. The Labute approximate surface area is 128 Å². The number of benzene rings is 1. The Hall–Kier alpha value is -0.970. The largest absolute Gasteiger partial charge is 0.482 e. The van der Waals surface area contributed by atoms with Crippen molar-refractivity contribution in [2.45, 2.75) is 26.1 Å². The van der Waals surface area contributed by atoms with Gasteiger partial charge in [-0.1, -0.05) is 29.3 Å². The smallest absolute Gasteiger partial charge is 0.260 e. The molecule has 1 saturated heterocycles. The Morgan fingerprint density at radius 2 is 2.00 bits per heavy atom. The standard InChI is InChI=1S/C14H17Cl2NO3/c1-9-6-17(7-10(2)20-9)13(18)8-19-12-5-3-4-11(15)14(12)16/h3-5,9-10H,6-8H2,1-2H3/t9-,10+. The zero-order valence-corrected chi connectivity index (χ0v) is 12.9. The van der Waals surface area contributed by atoms with Crippen LogP contribution in [0.15, 0.2) is 18.2 Å². The molecule has 1 aliphatic heterocycles. The maximum atomic E-state index is 12.1. The second kappa shape index (κ2) is 6.66. The molecular formula is C14H17Cl2NO3. The molecule has 0 saturated carbocycles. The lowest BCUT2D eigenvalue weighted by atomic mass is 10.2. The Bertz CT molecular complexity index is 485. The van der Waals surface area contributed by atoms with Gasteiger partial charge < -0.3 is 14.4 Å². The minimum absolute atomic E-state index is 0.0393. The first kappa shape index (κ1) is 15.4. The van der Waals surface area contributed by atoms with Crippen molar-refractivity contribution in [3.63, 3.8) is 0 Å². The topological polar surface area (TPSA) is 38.8 Å². The summed E-state index contributed by atoms with van der Waals surface area (Å²) in [6.07, 6.45) is 0.0786. The fourth-order valence-corrected chi connectivity index (χ4v) is 2.55. The van der Waals surface area contributed by atoms with Crippen LogP contribution in [0.25, 0.3) is 0 Å². The van der Waals surface area contributed by atoms with Crippen molar-refractivity contribution in [3.05, 3.63) is 28.2 Å². The molecular weight excluding hydrogens is 301 g/mol. The van der Waals surface area contributed by atoms with E-state index in [4.69, 9.17) is 32.7 Å². The molecule has 0 bridgehead atoms. The van der Waals surface area contributed by atoms with Crippen LogP contribution in [0.1, 0.15) is 13.8 Å². The number of nitrogens with zero attached hydrogens (tertiary/aromatic N) is 1. The van der Waals surface area contributed by atoms with Crippen LogP contribution in [0.5, 0.6) is 5.75 Å². The number of carbonyl (C=O) groups is 1. The van der Waals surface area contributed by atoms with E-state index in [2.05, 4.69) is 0 Å². The summed E-state index contributed by atoms with van der Waals surface area (Å²) in [4.78, 5) is 13.9. The lowest BCUT2D eigenvalue weighted by Crippen LogP contribution is -2.49. The van der Waals surface area contributed by atoms with Crippen molar-refractivity contribution < 1.29 is 14.3 Å². The van der Waals surface area contributed by atoms with Gasteiger partial charge in [-0.3, -0.25) is 4.79 Å². The predicted molar refractivity (Wildman–Crippen MR) is 78.5 cm³/mol. The van der Waals surface area contributed by atoms with E-state index in [1.165, 1.54) is 0 Å². The summed E-state index contributed by atoms with van der Waals surface area (Å²) < 4.78 is 11.0. The lowest BCUT2D eigenvalue weighted by molar-refractivity contribution is -0.145. The van der Waals surface area contributed by atoms with Gasteiger partial charge in [0.05, 0.1) is 17.2 Å². The summed E-state index contributed by atoms with van der Waals surface area (Å²) in [6.45, 7) is 5.00. The summed E-state index contributed by atoms with van der Waals surface area (Å²) in [7, 11) is 0. The molecule has 0 aliphatic carbocycles. The van der Waals surface area contributed by atoms with Crippen molar-refractivity contribution in [1.29, 1.82) is 0 Å². The number of carbonyl (C=O) groups excluding carboxylic acids is 1. The van der Waals surface area contributed by atoms with E-state index >= 15 is 0 Å². The molecule has 1 aliphatic rings. The number of hydrogen-bond acceptors (Lipinski definition) is 3. The molecule has 6 heteroatoms. The quantitative estimate of drug-likeness (QED) is 0.860. The van der Waals surface area contributed by atoms with E-state index in [-0.39, 0.29) is 24.7 Å². The predicted octanol–water partition coefficient (Wildman–Crippen LogP) is 3.01. The van der Waals surface area contributed by atoms with Crippen LogP contribution >= 0.6 is 23.2 Å². The van der Waals surface area contributed by atoms with E-state index in [1.54, 1.807) is 23.1 Å². The first-order valence-corrected chi connectivity index (χ1v) is 7.23. The highest BCUT2D eigenvalue weighted by molar-refractivity contribution is 6.42.